The van der Waals surface area contributed by atoms with E-state index in [0.29, 0.717) is 18.7 Å². The van der Waals surface area contributed by atoms with E-state index in [1.54, 1.807) is 11.8 Å². The topological polar surface area (TPSA) is 57.6 Å². The molecule has 1 aromatic carbocycles. The van der Waals surface area contributed by atoms with Crippen molar-refractivity contribution < 1.29 is 14.7 Å². The molecule has 1 aromatic rings. The van der Waals surface area contributed by atoms with Gasteiger partial charge in [-0.15, -0.1) is 11.8 Å². The number of carbonyl (C=O) groups is 2. The molecule has 19 heavy (non-hydrogen) atoms. The molecule has 0 bridgehead atoms. The Morgan fingerprint density at radius 3 is 2.89 bits per heavy atom. The molecular weight excluding hydrogens is 262 g/mol. The largest absolute Gasteiger partial charge is 0.389 e. The molecule has 0 aromatic heterocycles. The number of rotatable bonds is 4. The van der Waals surface area contributed by atoms with Gasteiger partial charge >= 0.3 is 0 Å². The molecule has 102 valence electrons. The third-order valence-electron chi connectivity index (χ3n) is 3.10. The van der Waals surface area contributed by atoms with Gasteiger partial charge in [-0.3, -0.25) is 9.59 Å². The van der Waals surface area contributed by atoms with Crippen molar-refractivity contribution in [2.24, 2.45) is 0 Å². The van der Waals surface area contributed by atoms with Crippen LogP contribution in [-0.2, 0) is 9.59 Å². The van der Waals surface area contributed by atoms with E-state index in [-0.39, 0.29) is 11.7 Å². The number of carbonyl (C=O) groups excluding carboxylic acids is 2. The van der Waals surface area contributed by atoms with Crippen molar-refractivity contribution in [1.82, 2.24) is 0 Å². The van der Waals surface area contributed by atoms with Crippen molar-refractivity contribution >= 4 is 29.1 Å². The second kappa shape index (κ2) is 5.75. The highest BCUT2D eigenvalue weighted by Gasteiger charge is 2.25. The molecule has 5 heteroatoms. The second-order valence-corrected chi connectivity index (χ2v) is 5.71. The highest BCUT2D eigenvalue weighted by Crippen LogP contribution is 2.37. The number of anilines is 1. The Morgan fingerprint density at radius 1 is 1.53 bits per heavy atom. The zero-order valence-electron chi connectivity index (χ0n) is 11.0. The second-order valence-electron chi connectivity index (χ2n) is 4.69. The zero-order valence-corrected chi connectivity index (χ0v) is 11.9. The van der Waals surface area contributed by atoms with E-state index in [1.165, 1.54) is 18.7 Å². The van der Waals surface area contributed by atoms with Crippen molar-refractivity contribution in [3.05, 3.63) is 23.8 Å². The van der Waals surface area contributed by atoms with Crippen LogP contribution >= 0.6 is 11.8 Å². The van der Waals surface area contributed by atoms with Crippen molar-refractivity contribution in [3.8, 4) is 0 Å². The van der Waals surface area contributed by atoms with Crippen LogP contribution in [0.15, 0.2) is 23.1 Å². The number of hydrogen-bond acceptors (Lipinski definition) is 4. The summed E-state index contributed by atoms with van der Waals surface area (Å²) >= 11 is 1.50. The minimum Gasteiger partial charge on any atom is -0.389 e. The van der Waals surface area contributed by atoms with E-state index < -0.39 is 6.10 Å². The molecule has 0 saturated carbocycles. The third kappa shape index (κ3) is 3.16. The van der Waals surface area contributed by atoms with Crippen LogP contribution in [0.2, 0.25) is 0 Å². The zero-order chi connectivity index (χ0) is 14.0. The predicted molar refractivity (Wildman–Crippen MR) is 75.5 cm³/mol. The van der Waals surface area contributed by atoms with Gasteiger partial charge < -0.3 is 10.0 Å². The number of hydrogen-bond donors (Lipinski definition) is 1. The van der Waals surface area contributed by atoms with Gasteiger partial charge in [0.15, 0.2) is 0 Å². The van der Waals surface area contributed by atoms with E-state index >= 15 is 0 Å². The highest BCUT2D eigenvalue weighted by atomic mass is 32.2. The van der Waals surface area contributed by atoms with E-state index in [0.717, 1.165) is 16.1 Å². The van der Waals surface area contributed by atoms with Gasteiger partial charge in [0.1, 0.15) is 5.78 Å². The van der Waals surface area contributed by atoms with Crippen LogP contribution in [0.25, 0.3) is 0 Å². The molecule has 0 fully saturated rings. The summed E-state index contributed by atoms with van der Waals surface area (Å²) in [5.74, 6) is 0.486. The van der Waals surface area contributed by atoms with Gasteiger partial charge in [-0.25, -0.2) is 0 Å². The number of ketones is 1. The van der Waals surface area contributed by atoms with Gasteiger partial charge in [0.05, 0.1) is 17.5 Å². The lowest BCUT2D eigenvalue weighted by atomic mass is 10.1. The van der Waals surface area contributed by atoms with Crippen LogP contribution < -0.4 is 4.90 Å². The Balaban J connectivity index is 2.32. The fraction of sp³-hybridized carbons (Fsp3) is 0.429. The molecule has 1 aliphatic heterocycles. The molecule has 1 atom stereocenters. The molecule has 0 aliphatic carbocycles. The molecule has 2 rings (SSSR count). The minimum absolute atomic E-state index is 0.0153. The van der Waals surface area contributed by atoms with Gasteiger partial charge in [0.25, 0.3) is 0 Å². The maximum atomic E-state index is 12.0. The molecule has 1 amide bonds. The van der Waals surface area contributed by atoms with Crippen LogP contribution in [0.1, 0.15) is 31.9 Å². The average molecular weight is 279 g/mol. The minimum atomic E-state index is -0.568. The number of aliphatic hydroxyl groups is 1. The lowest BCUT2D eigenvalue weighted by Crippen LogP contribution is -2.36. The molecule has 0 saturated heterocycles. The van der Waals surface area contributed by atoms with Crippen LogP contribution in [0, 0.1) is 0 Å². The lowest BCUT2D eigenvalue weighted by Gasteiger charge is -2.29. The first-order valence-corrected chi connectivity index (χ1v) is 7.22. The monoisotopic (exact) mass is 279 g/mol. The van der Waals surface area contributed by atoms with Crippen LogP contribution in [0.4, 0.5) is 5.69 Å². The number of nitrogens with zero attached hydrogens (tertiary/aromatic N) is 1. The molecule has 4 nitrogen and oxygen atoms in total. The van der Waals surface area contributed by atoms with Crippen LogP contribution in [0.3, 0.4) is 0 Å². The molecule has 1 N–H and O–H groups in total. The van der Waals surface area contributed by atoms with Crippen LogP contribution in [-0.4, -0.2) is 29.1 Å². The van der Waals surface area contributed by atoms with Crippen LogP contribution in [0.5, 0.6) is 0 Å². The van der Waals surface area contributed by atoms with Gasteiger partial charge in [0.2, 0.25) is 5.91 Å². The Kier molecular flexibility index (Phi) is 4.27. The standard InChI is InChI=1S/C14H17NO3S/c1-9(16)5-6-15-12-7-11(10(2)17)3-4-13(12)19-8-14(15)18/h3-4,7,10,17H,5-6,8H2,1-2H3. The van der Waals surface area contributed by atoms with Gasteiger partial charge in [-0.1, -0.05) is 6.07 Å². The molecule has 0 spiro atoms. The van der Waals surface area contributed by atoms with Crippen molar-refractivity contribution in [2.45, 2.75) is 31.3 Å². The SMILES string of the molecule is CC(=O)CCN1C(=O)CSc2ccc(C(C)O)cc21. The first-order chi connectivity index (χ1) is 8.99. The quantitative estimate of drug-likeness (QED) is 0.917. The molecule has 1 aliphatic rings. The van der Waals surface area contributed by atoms with E-state index in [4.69, 9.17) is 0 Å². The maximum Gasteiger partial charge on any atom is 0.237 e. The number of Topliss-reactive ketones (excluding diaryl/α,β-unsaturated/α-hetero) is 1. The Labute approximate surface area is 116 Å². The summed E-state index contributed by atoms with van der Waals surface area (Å²) in [5.41, 5.74) is 1.59. The van der Waals surface area contributed by atoms with Gasteiger partial charge in [-0.05, 0) is 31.5 Å². The number of thioether (sulfide) groups is 1. The fourth-order valence-corrected chi connectivity index (χ4v) is 2.91. The first kappa shape index (κ1) is 14.1. The van der Waals surface area contributed by atoms with Gasteiger partial charge in [0, 0.05) is 17.9 Å². The molecular formula is C14H17NO3S. The molecule has 1 heterocycles. The summed E-state index contributed by atoms with van der Waals surface area (Å²) in [6.45, 7) is 3.63. The average Bonchev–Trinajstić information content (AvgIpc) is 2.36. The van der Waals surface area contributed by atoms with E-state index in [9.17, 15) is 14.7 Å². The Hall–Kier alpha value is -1.33. The summed E-state index contributed by atoms with van der Waals surface area (Å²) in [6, 6.07) is 5.63. The Bertz CT molecular complexity index is 513. The summed E-state index contributed by atoms with van der Waals surface area (Å²) in [6.07, 6.45) is -0.212. The third-order valence-corrected chi connectivity index (χ3v) is 4.14. The summed E-state index contributed by atoms with van der Waals surface area (Å²) in [5, 5.41) is 9.63. The smallest absolute Gasteiger partial charge is 0.237 e. The normalized spacial score (nSPS) is 16.2. The Morgan fingerprint density at radius 2 is 2.26 bits per heavy atom. The van der Waals surface area contributed by atoms with Crippen molar-refractivity contribution in [2.75, 3.05) is 17.2 Å². The summed E-state index contributed by atoms with van der Waals surface area (Å²) in [4.78, 5) is 25.8. The number of benzene rings is 1. The summed E-state index contributed by atoms with van der Waals surface area (Å²) < 4.78 is 0. The molecule has 0 radical (unpaired) electrons. The number of aliphatic hydroxyl groups excluding tert-OH is 1. The first-order valence-electron chi connectivity index (χ1n) is 6.23. The predicted octanol–water partition coefficient (Wildman–Crippen LogP) is 2.16. The van der Waals surface area contributed by atoms with Crippen molar-refractivity contribution in [3.63, 3.8) is 0 Å². The summed E-state index contributed by atoms with van der Waals surface area (Å²) in [7, 11) is 0. The lowest BCUT2D eigenvalue weighted by molar-refractivity contribution is -0.117. The number of fused-ring (bicyclic) bond motifs is 1. The van der Waals surface area contributed by atoms with Crippen molar-refractivity contribution in [1.29, 1.82) is 0 Å². The highest BCUT2D eigenvalue weighted by molar-refractivity contribution is 8.00. The molecule has 1 unspecified atom stereocenters. The van der Waals surface area contributed by atoms with Gasteiger partial charge in [-0.2, -0.15) is 0 Å². The van der Waals surface area contributed by atoms with E-state index in [1.807, 2.05) is 18.2 Å². The maximum absolute atomic E-state index is 12.0. The fourth-order valence-electron chi connectivity index (χ4n) is 1.99. The van der Waals surface area contributed by atoms with E-state index in [2.05, 4.69) is 0 Å². The number of amides is 1.